The normalized spacial score (nSPS) is 10.3. The van der Waals surface area contributed by atoms with Gasteiger partial charge in [0.1, 0.15) is 5.75 Å². The van der Waals surface area contributed by atoms with Crippen molar-refractivity contribution in [3.63, 3.8) is 0 Å². The van der Waals surface area contributed by atoms with Gasteiger partial charge in [-0.15, -0.1) is 17.0 Å². The zero-order chi connectivity index (χ0) is 10.2. The molecule has 1 nitrogen and oxygen atoms in total. The van der Waals surface area contributed by atoms with Gasteiger partial charge in [-0.05, 0) is 30.0 Å². The Balaban J connectivity index is 0.00000196. The summed E-state index contributed by atoms with van der Waals surface area (Å²) in [6.45, 7) is 2.25. The van der Waals surface area contributed by atoms with Crippen molar-refractivity contribution in [2.75, 3.05) is 13.3 Å². The lowest BCUT2D eigenvalue weighted by Crippen LogP contribution is -1.95. The lowest BCUT2D eigenvalue weighted by atomic mass is 10.3. The van der Waals surface area contributed by atoms with Gasteiger partial charge in [-0.1, -0.05) is 40.5 Å². The molecule has 0 heterocycles. The van der Waals surface area contributed by atoms with Crippen molar-refractivity contribution in [1.82, 2.24) is 0 Å². The Labute approximate surface area is 105 Å². The monoisotopic (exact) mass is 290 g/mol. The molecule has 0 aliphatic rings. The van der Waals surface area contributed by atoms with E-state index >= 15 is 0 Å². The second-order valence-electron chi connectivity index (χ2n) is 3.36. The molecule has 1 aromatic carbocycles. The van der Waals surface area contributed by atoms with Crippen molar-refractivity contribution in [3.8, 4) is 5.75 Å². The van der Waals surface area contributed by atoms with E-state index in [1.165, 1.54) is 30.7 Å². The van der Waals surface area contributed by atoms with Crippen molar-refractivity contribution < 1.29 is 4.74 Å². The Hall–Kier alpha value is -0.0700. The van der Waals surface area contributed by atoms with Crippen LogP contribution in [0.15, 0.2) is 24.3 Å². The molecule has 1 aromatic rings. The van der Waals surface area contributed by atoms with Gasteiger partial charge in [0, 0.05) is 0 Å². The Morgan fingerprint density at radius 1 is 1.13 bits per heavy atom. The van der Waals surface area contributed by atoms with Gasteiger partial charge in [0.25, 0.3) is 0 Å². The summed E-state index contributed by atoms with van der Waals surface area (Å²) in [5.41, 5.74) is 0. The van der Waals surface area contributed by atoms with Crippen LogP contribution in [0, 0.1) is 0 Å². The molecule has 0 fully saturated rings. The van der Waals surface area contributed by atoms with Crippen LogP contribution in [0.1, 0.15) is 26.2 Å². The number of methoxy groups -OCH3 is 1. The average molecular weight is 291 g/mol. The highest BCUT2D eigenvalue weighted by Gasteiger charge is 1.94. The lowest BCUT2D eigenvalue weighted by molar-refractivity contribution is 0.415. The van der Waals surface area contributed by atoms with Crippen molar-refractivity contribution in [2.24, 2.45) is 0 Å². The summed E-state index contributed by atoms with van der Waals surface area (Å²) in [5, 5.41) is 1.45. The van der Waals surface area contributed by atoms with E-state index in [0.717, 1.165) is 14.3 Å². The summed E-state index contributed by atoms with van der Waals surface area (Å²) >= 11 is 0. The van der Waals surface area contributed by atoms with E-state index in [1.807, 2.05) is 12.1 Å². The number of halogens is 1. The molecule has 0 N–H and O–H groups in total. The molecule has 86 valence electrons. The SMILES string of the molecule is Br.CCCCCPc1ccc(OC)cc1. The van der Waals surface area contributed by atoms with Crippen LogP contribution in [0.5, 0.6) is 5.75 Å². The molecule has 0 aliphatic carbocycles. The van der Waals surface area contributed by atoms with E-state index in [0.29, 0.717) is 0 Å². The third kappa shape index (κ3) is 6.17. The topological polar surface area (TPSA) is 9.23 Å². The molecule has 0 aliphatic heterocycles. The predicted octanol–water partition coefficient (Wildman–Crippen LogP) is 3.77. The van der Waals surface area contributed by atoms with Crippen LogP contribution in [0.4, 0.5) is 0 Å². The van der Waals surface area contributed by atoms with Crippen molar-refractivity contribution in [1.29, 1.82) is 0 Å². The Morgan fingerprint density at radius 3 is 2.33 bits per heavy atom. The van der Waals surface area contributed by atoms with Gasteiger partial charge >= 0.3 is 0 Å². The number of hydrogen-bond acceptors (Lipinski definition) is 1. The molecule has 1 unspecified atom stereocenters. The molecule has 1 rings (SSSR count). The van der Waals surface area contributed by atoms with Crippen LogP contribution in [0.2, 0.25) is 0 Å². The molecule has 0 saturated carbocycles. The van der Waals surface area contributed by atoms with Crippen molar-refractivity contribution in [3.05, 3.63) is 24.3 Å². The third-order valence-corrected chi connectivity index (χ3v) is 3.54. The van der Waals surface area contributed by atoms with Crippen LogP contribution in [-0.2, 0) is 0 Å². The van der Waals surface area contributed by atoms with Crippen LogP contribution in [0.25, 0.3) is 0 Å². The minimum Gasteiger partial charge on any atom is -0.497 e. The predicted molar refractivity (Wildman–Crippen MR) is 75.7 cm³/mol. The van der Waals surface area contributed by atoms with Crippen LogP contribution >= 0.6 is 25.6 Å². The maximum atomic E-state index is 5.12. The van der Waals surface area contributed by atoms with E-state index in [9.17, 15) is 0 Å². The average Bonchev–Trinajstić information content (AvgIpc) is 2.25. The fourth-order valence-electron chi connectivity index (χ4n) is 1.32. The van der Waals surface area contributed by atoms with Gasteiger partial charge in [0.2, 0.25) is 0 Å². The Morgan fingerprint density at radius 2 is 1.80 bits per heavy atom. The standard InChI is InChI=1S/C12H19OP.BrH/c1-3-4-5-10-14-12-8-6-11(13-2)7-9-12;/h6-9,14H,3-5,10H2,1-2H3;1H. The first-order valence-electron chi connectivity index (χ1n) is 5.24. The minimum absolute atomic E-state index is 0. The van der Waals surface area contributed by atoms with Gasteiger partial charge in [-0.2, -0.15) is 0 Å². The first-order valence-corrected chi connectivity index (χ1v) is 6.45. The molecular weight excluding hydrogens is 271 g/mol. The number of unbranched alkanes of at least 4 members (excludes halogenated alkanes) is 2. The summed E-state index contributed by atoms with van der Waals surface area (Å²) < 4.78 is 5.12. The second-order valence-corrected chi connectivity index (χ2v) is 4.79. The molecule has 0 radical (unpaired) electrons. The van der Waals surface area contributed by atoms with E-state index in [1.54, 1.807) is 7.11 Å². The molecule has 0 spiro atoms. The summed E-state index contributed by atoms with van der Waals surface area (Å²) in [6, 6.07) is 8.43. The van der Waals surface area contributed by atoms with Crippen LogP contribution < -0.4 is 10.0 Å². The first kappa shape index (κ1) is 14.9. The zero-order valence-corrected chi connectivity index (χ0v) is 12.2. The molecule has 3 heteroatoms. The summed E-state index contributed by atoms with van der Waals surface area (Å²) in [6.07, 6.45) is 5.37. The highest BCUT2D eigenvalue weighted by Crippen LogP contribution is 2.16. The largest absolute Gasteiger partial charge is 0.497 e. The molecule has 0 saturated heterocycles. The fourth-order valence-corrected chi connectivity index (χ4v) is 2.43. The highest BCUT2D eigenvalue weighted by atomic mass is 79.9. The first-order chi connectivity index (χ1) is 6.86. The quantitative estimate of drug-likeness (QED) is 0.572. The van der Waals surface area contributed by atoms with Crippen molar-refractivity contribution >= 4 is 30.9 Å². The van der Waals surface area contributed by atoms with E-state index in [-0.39, 0.29) is 17.0 Å². The summed E-state index contributed by atoms with van der Waals surface area (Å²) in [7, 11) is 2.66. The number of rotatable bonds is 6. The van der Waals surface area contributed by atoms with Gasteiger partial charge in [-0.3, -0.25) is 0 Å². The van der Waals surface area contributed by atoms with E-state index in [2.05, 4.69) is 19.1 Å². The smallest absolute Gasteiger partial charge is 0.118 e. The van der Waals surface area contributed by atoms with E-state index in [4.69, 9.17) is 4.74 Å². The molecule has 0 aromatic heterocycles. The van der Waals surface area contributed by atoms with Gasteiger partial charge < -0.3 is 4.74 Å². The fraction of sp³-hybridized carbons (Fsp3) is 0.500. The number of ether oxygens (including phenoxy) is 1. The molecular formula is C12H20BrOP. The van der Waals surface area contributed by atoms with Crippen LogP contribution in [0.3, 0.4) is 0 Å². The number of hydrogen-bond donors (Lipinski definition) is 0. The Bertz CT molecular complexity index is 248. The molecule has 0 bridgehead atoms. The van der Waals surface area contributed by atoms with Gasteiger partial charge in [0.05, 0.1) is 7.11 Å². The van der Waals surface area contributed by atoms with Crippen molar-refractivity contribution in [2.45, 2.75) is 26.2 Å². The van der Waals surface area contributed by atoms with E-state index < -0.39 is 0 Å². The zero-order valence-electron chi connectivity index (χ0n) is 9.45. The van der Waals surface area contributed by atoms with Gasteiger partial charge in [0.15, 0.2) is 0 Å². The minimum atomic E-state index is 0. The highest BCUT2D eigenvalue weighted by molar-refractivity contribution is 8.93. The maximum absolute atomic E-state index is 5.12. The molecule has 0 amide bonds. The molecule has 15 heavy (non-hydrogen) atoms. The summed E-state index contributed by atoms with van der Waals surface area (Å²) in [4.78, 5) is 0. The maximum Gasteiger partial charge on any atom is 0.118 e. The molecule has 1 atom stereocenters. The lowest BCUT2D eigenvalue weighted by Gasteiger charge is -2.03. The third-order valence-electron chi connectivity index (χ3n) is 2.20. The summed E-state index contributed by atoms with van der Waals surface area (Å²) in [5.74, 6) is 0.951. The Kier molecular flexibility index (Phi) is 9.13. The number of benzene rings is 1. The van der Waals surface area contributed by atoms with Crippen LogP contribution in [-0.4, -0.2) is 13.3 Å². The second kappa shape index (κ2) is 9.18. The van der Waals surface area contributed by atoms with Gasteiger partial charge in [-0.25, -0.2) is 0 Å².